The first-order valence-corrected chi connectivity index (χ1v) is 9.24. The van der Waals surface area contributed by atoms with Crippen molar-refractivity contribution in [3.05, 3.63) is 42.2 Å². The van der Waals surface area contributed by atoms with E-state index >= 15 is 0 Å². The largest absolute Gasteiger partial charge is 0.463 e. The van der Waals surface area contributed by atoms with Gasteiger partial charge in [0, 0.05) is 13.1 Å². The van der Waals surface area contributed by atoms with E-state index < -0.39 is 5.91 Å². The summed E-state index contributed by atoms with van der Waals surface area (Å²) in [6.07, 6.45) is 4.83. The Bertz CT molecular complexity index is 1000. The normalized spacial score (nSPS) is 15.2. The van der Waals surface area contributed by atoms with Crippen LogP contribution in [0.2, 0.25) is 0 Å². The fourth-order valence-corrected chi connectivity index (χ4v) is 3.65. The number of primary amides is 1. The van der Waals surface area contributed by atoms with Gasteiger partial charge in [0.05, 0.1) is 6.26 Å². The number of piperidine rings is 1. The molecule has 1 aliphatic rings. The zero-order valence-electron chi connectivity index (χ0n) is 15.6. The average Bonchev–Trinajstić information content (AvgIpc) is 3.37. The van der Waals surface area contributed by atoms with Crippen molar-refractivity contribution in [2.75, 3.05) is 26.7 Å². The average molecular weight is 382 g/mol. The van der Waals surface area contributed by atoms with Crippen LogP contribution in [0.15, 0.2) is 35.2 Å². The van der Waals surface area contributed by atoms with Gasteiger partial charge in [-0.15, -0.1) is 0 Å². The highest BCUT2D eigenvalue weighted by Gasteiger charge is 2.27. The van der Waals surface area contributed by atoms with E-state index in [-0.39, 0.29) is 17.2 Å². The number of hydrogen-bond donors (Lipinski definition) is 2. The van der Waals surface area contributed by atoms with Crippen molar-refractivity contribution in [1.29, 1.82) is 0 Å². The van der Waals surface area contributed by atoms with Crippen molar-refractivity contribution in [1.82, 2.24) is 24.6 Å². The van der Waals surface area contributed by atoms with Crippen LogP contribution >= 0.6 is 0 Å². The van der Waals surface area contributed by atoms with Gasteiger partial charge in [-0.1, -0.05) is 0 Å². The maximum Gasteiger partial charge on any atom is 0.271 e. The second kappa shape index (κ2) is 7.43. The van der Waals surface area contributed by atoms with Crippen molar-refractivity contribution < 1.29 is 14.0 Å². The summed E-state index contributed by atoms with van der Waals surface area (Å²) in [5.41, 5.74) is 6.53. The number of hydrogen-bond acceptors (Lipinski definition) is 6. The van der Waals surface area contributed by atoms with E-state index in [2.05, 4.69) is 15.3 Å². The minimum Gasteiger partial charge on any atom is -0.463 e. The molecule has 3 N–H and O–H groups in total. The smallest absolute Gasteiger partial charge is 0.271 e. The van der Waals surface area contributed by atoms with E-state index in [0.29, 0.717) is 36.2 Å². The maximum atomic E-state index is 13.3. The molecule has 0 unspecified atom stereocenters. The Kier molecular flexibility index (Phi) is 4.82. The molecule has 1 aliphatic heterocycles. The van der Waals surface area contributed by atoms with Gasteiger partial charge in [-0.3, -0.25) is 14.0 Å². The van der Waals surface area contributed by atoms with E-state index in [1.165, 1.54) is 17.0 Å². The summed E-state index contributed by atoms with van der Waals surface area (Å²) in [5.74, 6) is 0.246. The lowest BCUT2D eigenvalue weighted by Crippen LogP contribution is -2.41. The number of amides is 2. The number of imidazole rings is 1. The summed E-state index contributed by atoms with van der Waals surface area (Å²) < 4.78 is 6.95. The first kappa shape index (κ1) is 18.2. The number of nitrogens with two attached hydrogens (primary N) is 1. The van der Waals surface area contributed by atoms with Gasteiger partial charge in [0.15, 0.2) is 17.1 Å². The number of likely N-dealkylation sites (tertiary alicyclic amines) is 1. The summed E-state index contributed by atoms with van der Waals surface area (Å²) >= 11 is 0. The SMILES string of the molecule is CNCC1CCN(C(=O)c2cc(-c3ccco3)nc3c(C(N)=O)ncn23)CC1. The zero-order chi connectivity index (χ0) is 19.7. The second-order valence-corrected chi connectivity index (χ2v) is 6.95. The molecule has 28 heavy (non-hydrogen) atoms. The predicted molar refractivity (Wildman–Crippen MR) is 102 cm³/mol. The number of aromatic nitrogens is 3. The molecule has 146 valence electrons. The number of rotatable bonds is 5. The maximum absolute atomic E-state index is 13.3. The van der Waals surface area contributed by atoms with E-state index in [1.54, 1.807) is 18.2 Å². The van der Waals surface area contributed by atoms with Gasteiger partial charge in [0.1, 0.15) is 17.7 Å². The van der Waals surface area contributed by atoms with E-state index in [0.717, 1.165) is 19.4 Å². The van der Waals surface area contributed by atoms with Crippen molar-refractivity contribution in [2.45, 2.75) is 12.8 Å². The highest BCUT2D eigenvalue weighted by Crippen LogP contribution is 2.24. The molecule has 4 rings (SSSR count). The molecule has 2 amide bonds. The van der Waals surface area contributed by atoms with E-state index in [9.17, 15) is 9.59 Å². The first-order valence-electron chi connectivity index (χ1n) is 9.24. The lowest BCUT2D eigenvalue weighted by atomic mass is 9.96. The monoisotopic (exact) mass is 382 g/mol. The van der Waals surface area contributed by atoms with Crippen LogP contribution in [-0.2, 0) is 0 Å². The zero-order valence-corrected chi connectivity index (χ0v) is 15.6. The molecule has 0 spiro atoms. The molecule has 3 aromatic rings. The molecule has 0 aliphatic carbocycles. The molecule has 1 fully saturated rings. The minimum atomic E-state index is -0.696. The number of nitrogens with zero attached hydrogens (tertiary/aromatic N) is 4. The first-order chi connectivity index (χ1) is 13.6. The van der Waals surface area contributed by atoms with Crippen LogP contribution in [0.25, 0.3) is 17.1 Å². The van der Waals surface area contributed by atoms with Crippen LogP contribution in [-0.4, -0.2) is 57.8 Å². The summed E-state index contributed by atoms with van der Waals surface area (Å²) in [7, 11) is 1.94. The highest BCUT2D eigenvalue weighted by atomic mass is 16.3. The third kappa shape index (κ3) is 3.24. The molecule has 1 saturated heterocycles. The van der Waals surface area contributed by atoms with Gasteiger partial charge in [0.2, 0.25) is 0 Å². The molecule has 3 aromatic heterocycles. The number of carbonyl (C=O) groups excluding carboxylic acids is 2. The quantitative estimate of drug-likeness (QED) is 0.683. The molecule has 0 aromatic carbocycles. The van der Waals surface area contributed by atoms with Gasteiger partial charge in [-0.2, -0.15) is 0 Å². The predicted octanol–water partition coefficient (Wildman–Crippen LogP) is 1.16. The van der Waals surface area contributed by atoms with Crippen LogP contribution in [0.1, 0.15) is 33.8 Å². The van der Waals surface area contributed by atoms with Gasteiger partial charge in [-0.25, -0.2) is 9.97 Å². The van der Waals surface area contributed by atoms with Gasteiger partial charge < -0.3 is 20.4 Å². The Morgan fingerprint density at radius 3 is 2.79 bits per heavy atom. The summed E-state index contributed by atoms with van der Waals surface area (Å²) in [4.78, 5) is 35.3. The van der Waals surface area contributed by atoms with E-state index in [4.69, 9.17) is 10.2 Å². The fourth-order valence-electron chi connectivity index (χ4n) is 3.65. The van der Waals surface area contributed by atoms with Crippen molar-refractivity contribution >= 4 is 17.5 Å². The van der Waals surface area contributed by atoms with Crippen LogP contribution in [0.4, 0.5) is 0 Å². The Hall–Kier alpha value is -3.20. The molecule has 0 atom stereocenters. The molecule has 4 heterocycles. The van der Waals surface area contributed by atoms with Crippen LogP contribution < -0.4 is 11.1 Å². The second-order valence-electron chi connectivity index (χ2n) is 6.95. The molecular formula is C19H22N6O3. The third-order valence-electron chi connectivity index (χ3n) is 5.12. The Morgan fingerprint density at radius 2 is 2.14 bits per heavy atom. The van der Waals surface area contributed by atoms with E-state index in [1.807, 2.05) is 11.9 Å². The Balaban J connectivity index is 1.73. The van der Waals surface area contributed by atoms with Crippen molar-refractivity contribution in [2.24, 2.45) is 11.7 Å². The number of fused-ring (bicyclic) bond motifs is 1. The molecule has 9 heteroatoms. The van der Waals surface area contributed by atoms with Gasteiger partial charge in [0.25, 0.3) is 11.8 Å². The lowest BCUT2D eigenvalue weighted by molar-refractivity contribution is 0.0683. The Morgan fingerprint density at radius 1 is 1.36 bits per heavy atom. The van der Waals surface area contributed by atoms with Crippen LogP contribution in [0.5, 0.6) is 0 Å². The standard InChI is InChI=1S/C19H22N6O3/c1-21-10-12-4-6-24(7-5-12)19(27)14-9-13(15-3-2-8-28-15)23-18-16(17(20)26)22-11-25(14)18/h2-3,8-9,11-12,21H,4-7,10H2,1H3,(H2,20,26). The van der Waals surface area contributed by atoms with Crippen LogP contribution in [0, 0.1) is 5.92 Å². The lowest BCUT2D eigenvalue weighted by Gasteiger charge is -2.32. The van der Waals surface area contributed by atoms with Crippen molar-refractivity contribution in [3.63, 3.8) is 0 Å². The third-order valence-corrected chi connectivity index (χ3v) is 5.12. The number of furan rings is 1. The topological polar surface area (TPSA) is 119 Å². The van der Waals surface area contributed by atoms with Gasteiger partial charge in [-0.05, 0) is 50.6 Å². The summed E-state index contributed by atoms with van der Waals surface area (Å²) in [6, 6.07) is 5.15. The van der Waals surface area contributed by atoms with Crippen molar-refractivity contribution in [3.8, 4) is 11.5 Å². The fraction of sp³-hybridized carbons (Fsp3) is 0.368. The van der Waals surface area contributed by atoms with Crippen LogP contribution in [0.3, 0.4) is 0 Å². The molecule has 0 radical (unpaired) electrons. The van der Waals surface area contributed by atoms with Gasteiger partial charge >= 0.3 is 0 Å². The summed E-state index contributed by atoms with van der Waals surface area (Å²) in [5, 5.41) is 3.20. The number of nitrogens with one attached hydrogen (secondary N) is 1. The highest BCUT2D eigenvalue weighted by molar-refractivity contribution is 5.99. The molecule has 0 saturated carbocycles. The Labute approximate surface area is 161 Å². The minimum absolute atomic E-state index is 0.0233. The molecular weight excluding hydrogens is 360 g/mol. The molecule has 9 nitrogen and oxygen atoms in total. The summed E-state index contributed by atoms with van der Waals surface area (Å²) in [6.45, 7) is 2.32. The number of carbonyl (C=O) groups is 2. The molecule has 0 bridgehead atoms.